The maximum Gasteiger partial charge on any atom is 0.330 e. The van der Waals surface area contributed by atoms with Gasteiger partial charge in [-0.1, -0.05) is 48.5 Å². The van der Waals surface area contributed by atoms with Crippen LogP contribution in [0.1, 0.15) is 30.4 Å². The molecular weight excluding hydrogens is 298 g/mol. The lowest BCUT2D eigenvalue weighted by Gasteiger charge is -2.21. The largest absolute Gasteiger partial charge is 0.463 e. The summed E-state index contributed by atoms with van der Waals surface area (Å²) in [5.74, 6) is 0.268. The monoisotopic (exact) mass is 321 g/mol. The van der Waals surface area contributed by atoms with Crippen LogP contribution in [0.15, 0.2) is 60.7 Å². The van der Waals surface area contributed by atoms with Gasteiger partial charge >= 0.3 is 5.97 Å². The molecule has 1 saturated heterocycles. The van der Waals surface area contributed by atoms with Crippen LogP contribution in [-0.2, 0) is 9.53 Å². The summed E-state index contributed by atoms with van der Waals surface area (Å²) in [6.07, 6.45) is 4.51. The average Bonchev–Trinajstić information content (AvgIpc) is 3.11. The molecule has 1 aliphatic rings. The summed E-state index contributed by atoms with van der Waals surface area (Å²) in [5, 5.41) is 0. The summed E-state index contributed by atoms with van der Waals surface area (Å²) < 4.78 is 4.96. The smallest absolute Gasteiger partial charge is 0.330 e. The number of carbonyl (C=O) groups excluding carboxylic acids is 1. The van der Waals surface area contributed by atoms with E-state index in [1.54, 1.807) is 0 Å². The highest BCUT2D eigenvalue weighted by Gasteiger charge is 2.24. The van der Waals surface area contributed by atoms with Gasteiger partial charge in [0.05, 0.1) is 6.61 Å². The van der Waals surface area contributed by atoms with E-state index in [0.29, 0.717) is 12.5 Å². The van der Waals surface area contributed by atoms with Gasteiger partial charge in [-0.25, -0.2) is 4.79 Å². The lowest BCUT2D eigenvalue weighted by molar-refractivity contribution is -0.137. The molecule has 0 bridgehead atoms. The molecule has 0 radical (unpaired) electrons. The van der Waals surface area contributed by atoms with Crippen LogP contribution < -0.4 is 4.90 Å². The standard InChI is InChI=1S/C21H23NO2/c1-2-24-21(23)13-12-18-10-6-7-11-20(18)22-15-14-19(16-22)17-8-4-3-5-9-17/h3-13,19H,2,14-16H2,1H3/b13-12+/t19-/m1/s1. The molecule has 3 nitrogen and oxygen atoms in total. The van der Waals surface area contributed by atoms with E-state index in [4.69, 9.17) is 4.74 Å². The van der Waals surface area contributed by atoms with Crippen molar-refractivity contribution in [1.29, 1.82) is 0 Å². The Morgan fingerprint density at radius 2 is 1.92 bits per heavy atom. The average molecular weight is 321 g/mol. The van der Waals surface area contributed by atoms with Crippen molar-refractivity contribution in [2.75, 3.05) is 24.6 Å². The quantitative estimate of drug-likeness (QED) is 0.609. The number of rotatable bonds is 5. The van der Waals surface area contributed by atoms with Gasteiger partial charge in [-0.05, 0) is 36.6 Å². The third-order valence-corrected chi connectivity index (χ3v) is 4.42. The van der Waals surface area contributed by atoms with Crippen LogP contribution in [-0.4, -0.2) is 25.7 Å². The zero-order valence-electron chi connectivity index (χ0n) is 14.0. The predicted octanol–water partition coefficient (Wildman–Crippen LogP) is 4.26. The molecule has 3 rings (SSSR count). The van der Waals surface area contributed by atoms with Crippen LogP contribution >= 0.6 is 0 Å². The SMILES string of the molecule is CCOC(=O)/C=C/c1ccccc1N1CC[C@@H](c2ccccc2)C1. The number of para-hydroxylation sites is 1. The van der Waals surface area contributed by atoms with Crippen molar-refractivity contribution in [1.82, 2.24) is 0 Å². The van der Waals surface area contributed by atoms with Crippen LogP contribution in [0.25, 0.3) is 6.08 Å². The van der Waals surface area contributed by atoms with Crippen molar-refractivity contribution in [2.45, 2.75) is 19.3 Å². The number of anilines is 1. The molecule has 0 amide bonds. The molecule has 1 heterocycles. The Morgan fingerprint density at radius 3 is 2.71 bits per heavy atom. The summed E-state index contributed by atoms with van der Waals surface area (Å²) in [6, 6.07) is 18.9. The van der Waals surface area contributed by atoms with E-state index in [0.717, 1.165) is 25.1 Å². The fraction of sp³-hybridized carbons (Fsp3) is 0.286. The molecule has 0 aromatic heterocycles. The molecule has 0 saturated carbocycles. The van der Waals surface area contributed by atoms with Gasteiger partial charge in [-0.2, -0.15) is 0 Å². The molecule has 0 aliphatic carbocycles. The molecule has 3 heteroatoms. The molecule has 124 valence electrons. The van der Waals surface area contributed by atoms with Gasteiger partial charge in [-0.15, -0.1) is 0 Å². The second-order valence-electron chi connectivity index (χ2n) is 5.99. The second kappa shape index (κ2) is 7.82. The Bertz CT molecular complexity index is 709. The van der Waals surface area contributed by atoms with Crippen LogP contribution in [0.4, 0.5) is 5.69 Å². The summed E-state index contributed by atoms with van der Waals surface area (Å²) in [4.78, 5) is 14.0. The molecule has 1 aliphatic heterocycles. The van der Waals surface area contributed by atoms with Gasteiger partial charge in [0, 0.05) is 30.8 Å². The summed E-state index contributed by atoms with van der Waals surface area (Å²) in [7, 11) is 0. The maximum atomic E-state index is 11.6. The van der Waals surface area contributed by atoms with Crippen molar-refractivity contribution in [3.8, 4) is 0 Å². The van der Waals surface area contributed by atoms with E-state index in [1.807, 2.05) is 31.2 Å². The van der Waals surface area contributed by atoms with E-state index in [1.165, 1.54) is 17.3 Å². The van der Waals surface area contributed by atoms with E-state index < -0.39 is 0 Å². The first-order chi connectivity index (χ1) is 11.8. The van der Waals surface area contributed by atoms with Gasteiger partial charge < -0.3 is 9.64 Å². The van der Waals surface area contributed by atoms with Gasteiger partial charge in [0.15, 0.2) is 0 Å². The van der Waals surface area contributed by atoms with Crippen LogP contribution in [0.2, 0.25) is 0 Å². The van der Waals surface area contributed by atoms with Crippen LogP contribution in [0.3, 0.4) is 0 Å². The first-order valence-corrected chi connectivity index (χ1v) is 8.51. The van der Waals surface area contributed by atoms with Gasteiger partial charge in [0.1, 0.15) is 0 Å². The Morgan fingerprint density at radius 1 is 1.17 bits per heavy atom. The van der Waals surface area contributed by atoms with Gasteiger partial charge in [0.2, 0.25) is 0 Å². The van der Waals surface area contributed by atoms with E-state index in [9.17, 15) is 4.79 Å². The molecule has 1 atom stereocenters. The van der Waals surface area contributed by atoms with Crippen LogP contribution in [0, 0.1) is 0 Å². The molecular formula is C21H23NO2. The van der Waals surface area contributed by atoms with Crippen LogP contribution in [0.5, 0.6) is 0 Å². The number of benzene rings is 2. The summed E-state index contributed by atoms with van der Waals surface area (Å²) >= 11 is 0. The maximum absolute atomic E-state index is 11.6. The molecule has 0 N–H and O–H groups in total. The Hall–Kier alpha value is -2.55. The van der Waals surface area contributed by atoms with Gasteiger partial charge in [-0.3, -0.25) is 0 Å². The highest BCUT2D eigenvalue weighted by molar-refractivity contribution is 5.88. The van der Waals surface area contributed by atoms with E-state index in [-0.39, 0.29) is 5.97 Å². The summed E-state index contributed by atoms with van der Waals surface area (Å²) in [6.45, 7) is 4.25. The van der Waals surface area contributed by atoms with Crippen molar-refractivity contribution in [3.63, 3.8) is 0 Å². The minimum atomic E-state index is -0.295. The number of hydrogen-bond acceptors (Lipinski definition) is 3. The number of carbonyl (C=O) groups is 1. The minimum absolute atomic E-state index is 0.295. The van der Waals surface area contributed by atoms with Crippen molar-refractivity contribution in [2.24, 2.45) is 0 Å². The fourth-order valence-electron chi connectivity index (χ4n) is 3.24. The van der Waals surface area contributed by atoms with Crippen molar-refractivity contribution in [3.05, 3.63) is 71.8 Å². The third-order valence-electron chi connectivity index (χ3n) is 4.42. The highest BCUT2D eigenvalue weighted by Crippen LogP contribution is 2.32. The normalized spacial score (nSPS) is 17.4. The lowest BCUT2D eigenvalue weighted by Crippen LogP contribution is -2.20. The third kappa shape index (κ3) is 3.85. The first-order valence-electron chi connectivity index (χ1n) is 8.51. The second-order valence-corrected chi connectivity index (χ2v) is 5.99. The summed E-state index contributed by atoms with van der Waals surface area (Å²) in [5.41, 5.74) is 3.63. The highest BCUT2D eigenvalue weighted by atomic mass is 16.5. The zero-order chi connectivity index (χ0) is 16.8. The molecule has 1 fully saturated rings. The van der Waals surface area contributed by atoms with E-state index >= 15 is 0 Å². The Labute approximate surface area is 143 Å². The number of nitrogens with zero attached hydrogens (tertiary/aromatic N) is 1. The molecule has 0 spiro atoms. The topological polar surface area (TPSA) is 29.5 Å². The molecule has 0 unspecified atom stereocenters. The van der Waals surface area contributed by atoms with Crippen molar-refractivity contribution >= 4 is 17.7 Å². The first kappa shape index (κ1) is 16.3. The number of hydrogen-bond donors (Lipinski definition) is 0. The predicted molar refractivity (Wildman–Crippen MR) is 98.1 cm³/mol. The number of ether oxygens (including phenoxy) is 1. The Balaban J connectivity index is 1.75. The Kier molecular flexibility index (Phi) is 5.32. The van der Waals surface area contributed by atoms with Gasteiger partial charge in [0.25, 0.3) is 0 Å². The lowest BCUT2D eigenvalue weighted by atomic mass is 9.99. The molecule has 2 aromatic rings. The van der Waals surface area contributed by atoms with E-state index in [2.05, 4.69) is 41.3 Å². The zero-order valence-corrected chi connectivity index (χ0v) is 14.0. The van der Waals surface area contributed by atoms with Crippen molar-refractivity contribution < 1.29 is 9.53 Å². The molecule has 24 heavy (non-hydrogen) atoms. The number of esters is 1. The minimum Gasteiger partial charge on any atom is -0.463 e. The molecule has 2 aromatic carbocycles. The fourth-order valence-corrected chi connectivity index (χ4v) is 3.24.